The van der Waals surface area contributed by atoms with Crippen LogP contribution in [0, 0.1) is 0 Å². The maximum absolute atomic E-state index is 13.1. The number of hydrogen-bond donors (Lipinski definition) is 1. The monoisotopic (exact) mass is 419 g/mol. The summed E-state index contributed by atoms with van der Waals surface area (Å²) in [5, 5.41) is 11.3. The quantitative estimate of drug-likeness (QED) is 0.415. The number of unbranched alkanes of at least 4 members (excludes halogenated alkanes) is 1. The van der Waals surface area contributed by atoms with E-state index in [4.69, 9.17) is 4.74 Å². The Balaban J connectivity index is 1.84. The van der Waals surface area contributed by atoms with E-state index in [9.17, 15) is 14.7 Å². The fourth-order valence-corrected chi connectivity index (χ4v) is 4.63. The molecule has 1 N–H and O–H groups in total. The topological polar surface area (TPSA) is 66.8 Å². The molecule has 0 aromatic heterocycles. The molecule has 1 aliphatic carbocycles. The van der Waals surface area contributed by atoms with E-state index in [1.54, 1.807) is 12.0 Å². The van der Waals surface area contributed by atoms with Crippen LogP contribution < -0.4 is 4.74 Å². The zero-order chi connectivity index (χ0) is 22.0. The number of fused-ring (bicyclic) bond motifs is 1. The molecule has 0 radical (unpaired) electrons. The van der Waals surface area contributed by atoms with Gasteiger partial charge in [0.05, 0.1) is 18.7 Å². The van der Waals surface area contributed by atoms with Crippen LogP contribution in [0.5, 0.6) is 5.75 Å². The zero-order valence-corrected chi connectivity index (χ0v) is 18.2. The van der Waals surface area contributed by atoms with Gasteiger partial charge in [-0.05, 0) is 67.0 Å². The molecule has 2 aromatic rings. The smallest absolute Gasteiger partial charge is 0.295 e. The van der Waals surface area contributed by atoms with Gasteiger partial charge in [-0.25, -0.2) is 0 Å². The lowest BCUT2D eigenvalue weighted by Gasteiger charge is -2.25. The molecule has 5 heteroatoms. The van der Waals surface area contributed by atoms with Crippen LogP contribution in [0.1, 0.15) is 60.9 Å². The highest BCUT2D eigenvalue weighted by molar-refractivity contribution is 6.46. The van der Waals surface area contributed by atoms with E-state index in [0.717, 1.165) is 37.7 Å². The van der Waals surface area contributed by atoms with Crippen molar-refractivity contribution in [2.75, 3.05) is 13.7 Å². The van der Waals surface area contributed by atoms with Gasteiger partial charge in [0.25, 0.3) is 11.7 Å². The number of aliphatic hydroxyl groups excluding tert-OH is 1. The van der Waals surface area contributed by atoms with E-state index in [0.29, 0.717) is 17.9 Å². The second-order valence-electron chi connectivity index (χ2n) is 8.31. The predicted octanol–water partition coefficient (Wildman–Crippen LogP) is 4.80. The van der Waals surface area contributed by atoms with Gasteiger partial charge >= 0.3 is 0 Å². The molecule has 162 valence electrons. The molecule has 0 saturated carbocycles. The van der Waals surface area contributed by atoms with Crippen LogP contribution in [0.3, 0.4) is 0 Å². The zero-order valence-electron chi connectivity index (χ0n) is 18.2. The predicted molar refractivity (Wildman–Crippen MR) is 120 cm³/mol. The number of aryl methyl sites for hydroxylation is 2. The fraction of sp³-hybridized carbons (Fsp3) is 0.385. The summed E-state index contributed by atoms with van der Waals surface area (Å²) in [6.07, 6.45) is 6.01. The Kier molecular flexibility index (Phi) is 6.12. The number of aliphatic hydroxyl groups is 1. The van der Waals surface area contributed by atoms with Gasteiger partial charge in [-0.3, -0.25) is 9.59 Å². The van der Waals surface area contributed by atoms with Gasteiger partial charge in [0.15, 0.2) is 0 Å². The van der Waals surface area contributed by atoms with Crippen molar-refractivity contribution in [3.05, 3.63) is 70.3 Å². The van der Waals surface area contributed by atoms with E-state index in [1.807, 2.05) is 49.4 Å². The SMILES string of the molecule is CCCCN1C(=O)C(=O)/C(=C(\O)c2ccc3c(c2)CCCC3)C1c1cccc(OC)c1. The number of likely N-dealkylation sites (tertiary alicyclic amines) is 1. The van der Waals surface area contributed by atoms with Gasteiger partial charge in [-0.2, -0.15) is 0 Å². The summed E-state index contributed by atoms with van der Waals surface area (Å²) in [5.74, 6) is -0.633. The third-order valence-electron chi connectivity index (χ3n) is 6.32. The van der Waals surface area contributed by atoms with Crippen molar-refractivity contribution in [1.82, 2.24) is 4.90 Å². The number of ketones is 1. The molecule has 1 saturated heterocycles. The minimum atomic E-state index is -0.627. The first-order valence-corrected chi connectivity index (χ1v) is 11.1. The Hall–Kier alpha value is -3.08. The lowest BCUT2D eigenvalue weighted by atomic mass is 9.88. The number of nitrogens with zero attached hydrogens (tertiary/aromatic N) is 1. The first-order chi connectivity index (χ1) is 15.0. The first kappa shape index (κ1) is 21.2. The second-order valence-corrected chi connectivity index (χ2v) is 8.31. The van der Waals surface area contributed by atoms with Crippen molar-refractivity contribution in [2.45, 2.75) is 51.5 Å². The van der Waals surface area contributed by atoms with Gasteiger partial charge in [0.2, 0.25) is 0 Å². The molecule has 31 heavy (non-hydrogen) atoms. The summed E-state index contributed by atoms with van der Waals surface area (Å²) >= 11 is 0. The van der Waals surface area contributed by atoms with Crippen LogP contribution in [-0.2, 0) is 22.4 Å². The normalized spacial score (nSPS) is 20.1. The van der Waals surface area contributed by atoms with Crippen LogP contribution in [0.4, 0.5) is 0 Å². The first-order valence-electron chi connectivity index (χ1n) is 11.1. The standard InChI is InChI=1S/C26H29NO4/c1-3-4-14-27-23(19-10-7-11-21(16-19)31-2)22(25(29)26(27)30)24(28)20-13-12-17-8-5-6-9-18(17)15-20/h7,10-13,15-16,23,28H,3-6,8-9,14H2,1-2H3/b24-22-. The molecular formula is C26H29NO4. The van der Waals surface area contributed by atoms with Crippen LogP contribution in [0.25, 0.3) is 5.76 Å². The van der Waals surface area contributed by atoms with Gasteiger partial charge in [0, 0.05) is 12.1 Å². The minimum Gasteiger partial charge on any atom is -0.507 e. The van der Waals surface area contributed by atoms with Crippen LogP contribution in [-0.4, -0.2) is 35.4 Å². The Morgan fingerprint density at radius 3 is 2.61 bits per heavy atom. The van der Waals surface area contributed by atoms with E-state index in [-0.39, 0.29) is 11.3 Å². The molecular weight excluding hydrogens is 390 g/mol. The third-order valence-corrected chi connectivity index (χ3v) is 6.32. The van der Waals surface area contributed by atoms with Crippen LogP contribution in [0.2, 0.25) is 0 Å². The van der Waals surface area contributed by atoms with Crippen molar-refractivity contribution in [3.8, 4) is 5.75 Å². The van der Waals surface area contributed by atoms with E-state index in [2.05, 4.69) is 0 Å². The molecule has 1 aliphatic heterocycles. The van der Waals surface area contributed by atoms with Gasteiger partial charge in [-0.15, -0.1) is 0 Å². The second kappa shape index (κ2) is 8.96. The Morgan fingerprint density at radius 2 is 1.87 bits per heavy atom. The molecule has 1 atom stereocenters. The number of ether oxygens (including phenoxy) is 1. The Morgan fingerprint density at radius 1 is 1.10 bits per heavy atom. The molecule has 2 aliphatic rings. The lowest BCUT2D eigenvalue weighted by molar-refractivity contribution is -0.139. The summed E-state index contributed by atoms with van der Waals surface area (Å²) in [6.45, 7) is 2.51. The highest BCUT2D eigenvalue weighted by Crippen LogP contribution is 2.40. The summed E-state index contributed by atoms with van der Waals surface area (Å²) < 4.78 is 5.36. The third kappa shape index (κ3) is 3.97. The van der Waals surface area contributed by atoms with E-state index < -0.39 is 17.7 Å². The average Bonchev–Trinajstić information content (AvgIpc) is 3.06. The summed E-state index contributed by atoms with van der Waals surface area (Å²) in [7, 11) is 1.58. The van der Waals surface area contributed by atoms with Crippen molar-refractivity contribution < 1.29 is 19.4 Å². The van der Waals surface area contributed by atoms with Crippen molar-refractivity contribution in [1.29, 1.82) is 0 Å². The number of amides is 1. The maximum Gasteiger partial charge on any atom is 0.295 e. The fourth-order valence-electron chi connectivity index (χ4n) is 4.63. The van der Waals surface area contributed by atoms with Crippen molar-refractivity contribution in [2.24, 2.45) is 0 Å². The van der Waals surface area contributed by atoms with Crippen molar-refractivity contribution >= 4 is 17.4 Å². The molecule has 1 amide bonds. The molecule has 2 aromatic carbocycles. The number of carbonyl (C=O) groups is 2. The molecule has 5 nitrogen and oxygen atoms in total. The minimum absolute atomic E-state index is 0.0986. The molecule has 4 rings (SSSR count). The summed E-state index contributed by atoms with van der Waals surface area (Å²) in [4.78, 5) is 27.6. The molecule has 1 unspecified atom stereocenters. The maximum atomic E-state index is 13.1. The molecule has 1 fully saturated rings. The van der Waals surface area contributed by atoms with E-state index >= 15 is 0 Å². The molecule has 0 spiro atoms. The number of carbonyl (C=O) groups excluding carboxylic acids is 2. The lowest BCUT2D eigenvalue weighted by Crippen LogP contribution is -2.30. The van der Waals surface area contributed by atoms with Gasteiger partial charge < -0.3 is 14.7 Å². The van der Waals surface area contributed by atoms with Crippen LogP contribution >= 0.6 is 0 Å². The summed E-state index contributed by atoms with van der Waals surface area (Å²) in [6, 6.07) is 12.6. The highest BCUT2D eigenvalue weighted by atomic mass is 16.5. The molecule has 0 bridgehead atoms. The van der Waals surface area contributed by atoms with Gasteiger partial charge in [0.1, 0.15) is 11.5 Å². The number of benzene rings is 2. The molecule has 1 heterocycles. The number of rotatable bonds is 6. The average molecular weight is 420 g/mol. The summed E-state index contributed by atoms with van der Waals surface area (Å²) in [5.41, 5.74) is 4.03. The Labute approximate surface area is 183 Å². The van der Waals surface area contributed by atoms with Gasteiger partial charge in [-0.1, -0.05) is 37.6 Å². The van der Waals surface area contributed by atoms with Crippen molar-refractivity contribution in [3.63, 3.8) is 0 Å². The number of Topliss-reactive ketones (excluding diaryl/α,β-unsaturated/α-hetero) is 1. The highest BCUT2D eigenvalue weighted by Gasteiger charge is 2.45. The Bertz CT molecular complexity index is 1040. The largest absolute Gasteiger partial charge is 0.507 e. The number of hydrogen-bond acceptors (Lipinski definition) is 4. The number of methoxy groups -OCH3 is 1. The van der Waals surface area contributed by atoms with Crippen LogP contribution in [0.15, 0.2) is 48.0 Å². The van der Waals surface area contributed by atoms with E-state index in [1.165, 1.54) is 17.5 Å².